The van der Waals surface area contributed by atoms with Crippen molar-refractivity contribution in [3.63, 3.8) is 0 Å². The number of hydrogen-bond acceptors (Lipinski definition) is 2. The lowest BCUT2D eigenvalue weighted by Crippen LogP contribution is -2.26. The largest absolute Gasteiger partial charge is 0.300 e. The molecule has 0 aliphatic heterocycles. The average molecular weight is 248 g/mol. The SMILES string of the molecule is O=S(=O)(O)C(F)C(F)CCCCCCF. The normalized spacial score (nSPS) is 16.3. The van der Waals surface area contributed by atoms with Crippen LogP contribution in [0.25, 0.3) is 0 Å². The van der Waals surface area contributed by atoms with Gasteiger partial charge in [0.1, 0.15) is 6.17 Å². The first kappa shape index (κ1) is 14.7. The van der Waals surface area contributed by atoms with Gasteiger partial charge in [-0.2, -0.15) is 8.42 Å². The zero-order chi connectivity index (χ0) is 11.9. The molecule has 0 aliphatic rings. The third-order valence-corrected chi connectivity index (χ3v) is 2.80. The maximum Gasteiger partial charge on any atom is 0.300 e. The molecule has 0 radical (unpaired) electrons. The van der Waals surface area contributed by atoms with Crippen molar-refractivity contribution in [2.75, 3.05) is 6.67 Å². The highest BCUT2D eigenvalue weighted by atomic mass is 32.2. The maximum absolute atomic E-state index is 12.8. The summed E-state index contributed by atoms with van der Waals surface area (Å²) in [6.07, 6.45) is -0.780. The molecule has 3 nitrogen and oxygen atoms in total. The fourth-order valence-corrected chi connectivity index (χ4v) is 1.61. The summed E-state index contributed by atoms with van der Waals surface area (Å²) in [6, 6.07) is 0. The predicted molar refractivity (Wildman–Crippen MR) is 50.4 cm³/mol. The Hall–Kier alpha value is -0.300. The van der Waals surface area contributed by atoms with E-state index in [1.54, 1.807) is 0 Å². The van der Waals surface area contributed by atoms with Gasteiger partial charge in [-0.15, -0.1) is 0 Å². The van der Waals surface area contributed by atoms with Gasteiger partial charge < -0.3 is 0 Å². The molecule has 7 heteroatoms. The molecule has 0 spiro atoms. The van der Waals surface area contributed by atoms with E-state index >= 15 is 0 Å². The number of rotatable bonds is 8. The Kier molecular flexibility index (Phi) is 6.91. The molecular formula is C8H15F3O3S. The molecule has 1 N–H and O–H groups in total. The summed E-state index contributed by atoms with van der Waals surface area (Å²) < 4.78 is 65.6. The summed E-state index contributed by atoms with van der Waals surface area (Å²) in [5, 5.41) is 0. The lowest BCUT2D eigenvalue weighted by atomic mass is 10.1. The molecule has 0 amide bonds. The van der Waals surface area contributed by atoms with Gasteiger partial charge in [0.2, 0.25) is 0 Å². The molecule has 2 unspecified atom stereocenters. The van der Waals surface area contributed by atoms with Gasteiger partial charge in [0.05, 0.1) is 6.67 Å². The maximum atomic E-state index is 12.8. The summed E-state index contributed by atoms with van der Waals surface area (Å²) in [5.74, 6) is 0. The van der Waals surface area contributed by atoms with Gasteiger partial charge in [0, 0.05) is 0 Å². The topological polar surface area (TPSA) is 54.4 Å². The molecule has 92 valence electrons. The lowest BCUT2D eigenvalue weighted by molar-refractivity contribution is 0.199. The van der Waals surface area contributed by atoms with E-state index in [1.807, 2.05) is 0 Å². The third kappa shape index (κ3) is 6.72. The second-order valence-electron chi connectivity index (χ2n) is 3.27. The van der Waals surface area contributed by atoms with E-state index in [1.165, 1.54) is 0 Å². The molecule has 0 heterocycles. The number of halogens is 3. The van der Waals surface area contributed by atoms with Crippen molar-refractivity contribution >= 4 is 10.1 Å². The minimum atomic E-state index is -4.95. The molecule has 0 fully saturated rings. The van der Waals surface area contributed by atoms with Crippen LogP contribution in [0.4, 0.5) is 13.2 Å². The fraction of sp³-hybridized carbons (Fsp3) is 1.00. The number of alkyl halides is 3. The van der Waals surface area contributed by atoms with E-state index in [9.17, 15) is 21.6 Å². The summed E-state index contributed by atoms with van der Waals surface area (Å²) in [5.41, 5.74) is -2.88. The van der Waals surface area contributed by atoms with Crippen molar-refractivity contribution in [3.8, 4) is 0 Å². The summed E-state index contributed by atoms with van der Waals surface area (Å²) in [6.45, 7) is -0.449. The fourth-order valence-electron chi connectivity index (χ4n) is 1.11. The van der Waals surface area contributed by atoms with Gasteiger partial charge in [-0.3, -0.25) is 8.94 Å². The Balaban J connectivity index is 3.70. The van der Waals surface area contributed by atoms with Gasteiger partial charge >= 0.3 is 10.1 Å². The monoisotopic (exact) mass is 248 g/mol. The van der Waals surface area contributed by atoms with Crippen LogP contribution in [0.15, 0.2) is 0 Å². The molecule has 0 bridgehead atoms. The van der Waals surface area contributed by atoms with Crippen LogP contribution in [0.5, 0.6) is 0 Å². The van der Waals surface area contributed by atoms with Crippen molar-refractivity contribution in [3.05, 3.63) is 0 Å². The van der Waals surface area contributed by atoms with Crippen LogP contribution < -0.4 is 0 Å². The van der Waals surface area contributed by atoms with Gasteiger partial charge in [0.15, 0.2) is 0 Å². The molecule has 0 aromatic carbocycles. The first-order valence-electron chi connectivity index (χ1n) is 4.70. The van der Waals surface area contributed by atoms with Crippen LogP contribution in [-0.2, 0) is 10.1 Å². The van der Waals surface area contributed by atoms with Crippen molar-refractivity contribution in [1.29, 1.82) is 0 Å². The summed E-state index contributed by atoms with van der Waals surface area (Å²) in [4.78, 5) is 0. The van der Waals surface area contributed by atoms with E-state index in [0.717, 1.165) is 0 Å². The zero-order valence-electron chi connectivity index (χ0n) is 8.20. The first-order chi connectivity index (χ1) is 6.89. The Labute approximate surface area is 87.4 Å². The highest BCUT2D eigenvalue weighted by Crippen LogP contribution is 2.17. The standard InChI is InChI=1S/C8H15F3O3S/c9-6-4-2-1-3-5-7(10)8(11)15(12,13)14/h7-8H,1-6H2,(H,12,13,14). The number of unbranched alkanes of at least 4 members (excludes halogenated alkanes) is 3. The molecule has 0 aliphatic carbocycles. The molecule has 15 heavy (non-hydrogen) atoms. The van der Waals surface area contributed by atoms with Crippen LogP contribution in [0.3, 0.4) is 0 Å². The van der Waals surface area contributed by atoms with E-state index in [-0.39, 0.29) is 12.8 Å². The van der Waals surface area contributed by atoms with E-state index in [0.29, 0.717) is 19.3 Å². The second-order valence-corrected chi connectivity index (χ2v) is 4.75. The van der Waals surface area contributed by atoms with E-state index in [4.69, 9.17) is 4.55 Å². The van der Waals surface area contributed by atoms with E-state index in [2.05, 4.69) is 0 Å². The molecule has 0 saturated heterocycles. The molecule has 0 aromatic rings. The Morgan fingerprint density at radius 1 is 1.07 bits per heavy atom. The molecular weight excluding hydrogens is 233 g/mol. The smallest absolute Gasteiger partial charge is 0.283 e. The van der Waals surface area contributed by atoms with Crippen LogP contribution in [0.2, 0.25) is 0 Å². The van der Waals surface area contributed by atoms with Crippen molar-refractivity contribution in [2.45, 2.75) is 43.8 Å². The second kappa shape index (κ2) is 7.05. The predicted octanol–water partition coefficient (Wildman–Crippen LogP) is 2.43. The highest BCUT2D eigenvalue weighted by Gasteiger charge is 2.31. The summed E-state index contributed by atoms with van der Waals surface area (Å²) >= 11 is 0. The molecule has 0 saturated carbocycles. The van der Waals surface area contributed by atoms with Gasteiger partial charge in [-0.25, -0.2) is 8.78 Å². The quantitative estimate of drug-likeness (QED) is 0.530. The minimum absolute atomic E-state index is 0.275. The van der Waals surface area contributed by atoms with Crippen LogP contribution >= 0.6 is 0 Å². The van der Waals surface area contributed by atoms with Crippen LogP contribution in [0.1, 0.15) is 32.1 Å². The summed E-state index contributed by atoms with van der Waals surface area (Å²) in [7, 11) is -4.95. The van der Waals surface area contributed by atoms with Crippen molar-refractivity contribution < 1.29 is 26.1 Å². The van der Waals surface area contributed by atoms with Crippen LogP contribution in [0, 0.1) is 0 Å². The Bertz CT molecular complexity index is 256. The average Bonchev–Trinajstić information content (AvgIpc) is 2.14. The van der Waals surface area contributed by atoms with E-state index < -0.39 is 28.5 Å². The Morgan fingerprint density at radius 3 is 2.07 bits per heavy atom. The molecule has 0 aromatic heterocycles. The first-order valence-corrected chi connectivity index (χ1v) is 6.20. The molecule has 0 rings (SSSR count). The zero-order valence-corrected chi connectivity index (χ0v) is 9.02. The minimum Gasteiger partial charge on any atom is -0.283 e. The van der Waals surface area contributed by atoms with Gasteiger partial charge in [-0.1, -0.05) is 19.3 Å². The highest BCUT2D eigenvalue weighted by molar-refractivity contribution is 7.86. The lowest BCUT2D eigenvalue weighted by Gasteiger charge is -2.10. The number of hydrogen-bond donors (Lipinski definition) is 1. The molecule has 2 atom stereocenters. The van der Waals surface area contributed by atoms with Crippen molar-refractivity contribution in [1.82, 2.24) is 0 Å². The van der Waals surface area contributed by atoms with Gasteiger partial charge in [0.25, 0.3) is 5.50 Å². The Morgan fingerprint density at radius 2 is 1.60 bits per heavy atom. The van der Waals surface area contributed by atoms with Crippen LogP contribution in [-0.4, -0.2) is 31.3 Å². The third-order valence-electron chi connectivity index (χ3n) is 1.93. The van der Waals surface area contributed by atoms with Gasteiger partial charge in [-0.05, 0) is 12.8 Å². The van der Waals surface area contributed by atoms with Crippen molar-refractivity contribution in [2.24, 2.45) is 0 Å².